The molecule has 1 aromatic rings. The molecule has 0 saturated heterocycles. The normalized spacial score (nSPS) is 11.1. The molecule has 1 heterocycles. The van der Waals surface area contributed by atoms with Crippen molar-refractivity contribution < 1.29 is 0 Å². The van der Waals surface area contributed by atoms with E-state index in [2.05, 4.69) is 30.5 Å². The van der Waals surface area contributed by atoms with E-state index < -0.39 is 0 Å². The number of rotatable bonds is 6. The standard InChI is InChI=1S/C11H21N3/c1-10(2)7-12-6-4-5-11-8-13-14(3)9-11/h8-10,12H,4-7H2,1-3H3. The van der Waals surface area contributed by atoms with Gasteiger partial charge in [0.15, 0.2) is 0 Å². The average Bonchev–Trinajstić information content (AvgIpc) is 2.50. The second kappa shape index (κ2) is 5.81. The van der Waals surface area contributed by atoms with E-state index in [0.29, 0.717) is 0 Å². The van der Waals surface area contributed by atoms with Crippen LogP contribution in [0.25, 0.3) is 0 Å². The number of hydrogen-bond acceptors (Lipinski definition) is 2. The Labute approximate surface area is 86.5 Å². The number of nitrogens with one attached hydrogen (secondary N) is 1. The van der Waals surface area contributed by atoms with Crippen molar-refractivity contribution in [2.45, 2.75) is 26.7 Å². The smallest absolute Gasteiger partial charge is 0.0521 e. The summed E-state index contributed by atoms with van der Waals surface area (Å²) in [6, 6.07) is 0. The summed E-state index contributed by atoms with van der Waals surface area (Å²) in [4.78, 5) is 0. The zero-order valence-electron chi connectivity index (χ0n) is 9.45. The third-order valence-corrected chi connectivity index (χ3v) is 2.13. The summed E-state index contributed by atoms with van der Waals surface area (Å²) in [6.45, 7) is 6.68. The Kier molecular flexibility index (Phi) is 4.66. The number of aromatic nitrogens is 2. The first-order chi connectivity index (χ1) is 6.68. The molecular formula is C11H21N3. The van der Waals surface area contributed by atoms with Gasteiger partial charge in [0.25, 0.3) is 0 Å². The molecule has 0 saturated carbocycles. The molecule has 0 aromatic carbocycles. The van der Waals surface area contributed by atoms with Crippen molar-refractivity contribution in [3.63, 3.8) is 0 Å². The van der Waals surface area contributed by atoms with Gasteiger partial charge in [-0.3, -0.25) is 4.68 Å². The molecule has 0 spiro atoms. The van der Waals surface area contributed by atoms with Gasteiger partial charge in [-0.1, -0.05) is 13.8 Å². The first-order valence-corrected chi connectivity index (χ1v) is 5.36. The van der Waals surface area contributed by atoms with Crippen LogP contribution in [-0.2, 0) is 13.5 Å². The van der Waals surface area contributed by atoms with Gasteiger partial charge < -0.3 is 5.32 Å². The van der Waals surface area contributed by atoms with Crippen LogP contribution < -0.4 is 5.32 Å². The fourth-order valence-electron chi connectivity index (χ4n) is 1.41. The third-order valence-electron chi connectivity index (χ3n) is 2.13. The lowest BCUT2D eigenvalue weighted by Crippen LogP contribution is -2.20. The zero-order valence-corrected chi connectivity index (χ0v) is 9.45. The highest BCUT2D eigenvalue weighted by Gasteiger charge is 1.96. The summed E-state index contributed by atoms with van der Waals surface area (Å²) in [5.74, 6) is 0.744. The van der Waals surface area contributed by atoms with E-state index in [9.17, 15) is 0 Å². The molecule has 80 valence electrons. The van der Waals surface area contributed by atoms with E-state index in [-0.39, 0.29) is 0 Å². The van der Waals surface area contributed by atoms with Gasteiger partial charge in [-0.25, -0.2) is 0 Å². The molecule has 0 atom stereocenters. The van der Waals surface area contributed by atoms with Crippen LogP contribution in [0.2, 0.25) is 0 Å². The van der Waals surface area contributed by atoms with Crippen LogP contribution >= 0.6 is 0 Å². The van der Waals surface area contributed by atoms with Gasteiger partial charge in [0.05, 0.1) is 6.20 Å². The third kappa shape index (κ3) is 4.42. The number of hydrogen-bond donors (Lipinski definition) is 1. The molecule has 0 aliphatic rings. The van der Waals surface area contributed by atoms with E-state index in [1.54, 1.807) is 0 Å². The van der Waals surface area contributed by atoms with Crippen LogP contribution in [0, 0.1) is 5.92 Å². The lowest BCUT2D eigenvalue weighted by atomic mass is 10.2. The molecule has 0 aliphatic heterocycles. The molecule has 1 N–H and O–H groups in total. The predicted molar refractivity (Wildman–Crippen MR) is 59.2 cm³/mol. The van der Waals surface area contributed by atoms with Crippen LogP contribution in [0.1, 0.15) is 25.8 Å². The fraction of sp³-hybridized carbons (Fsp3) is 0.727. The highest BCUT2D eigenvalue weighted by molar-refractivity contribution is 5.03. The largest absolute Gasteiger partial charge is 0.316 e. The van der Waals surface area contributed by atoms with Gasteiger partial charge >= 0.3 is 0 Å². The fourth-order valence-corrected chi connectivity index (χ4v) is 1.41. The average molecular weight is 195 g/mol. The molecule has 0 radical (unpaired) electrons. The van der Waals surface area contributed by atoms with Crippen LogP contribution in [0.15, 0.2) is 12.4 Å². The maximum absolute atomic E-state index is 4.14. The van der Waals surface area contributed by atoms with Crippen molar-refractivity contribution >= 4 is 0 Å². The maximum Gasteiger partial charge on any atom is 0.0521 e. The minimum atomic E-state index is 0.744. The van der Waals surface area contributed by atoms with Gasteiger partial charge in [-0.15, -0.1) is 0 Å². The summed E-state index contributed by atoms with van der Waals surface area (Å²) in [5, 5.41) is 7.57. The number of nitrogens with zero attached hydrogens (tertiary/aromatic N) is 2. The van der Waals surface area contributed by atoms with Crippen LogP contribution in [0.4, 0.5) is 0 Å². The number of aryl methyl sites for hydroxylation is 2. The van der Waals surface area contributed by atoms with Gasteiger partial charge in [-0.2, -0.15) is 5.10 Å². The van der Waals surface area contributed by atoms with Crippen molar-refractivity contribution in [2.75, 3.05) is 13.1 Å². The molecule has 0 fully saturated rings. The van der Waals surface area contributed by atoms with Crippen molar-refractivity contribution in [3.05, 3.63) is 18.0 Å². The van der Waals surface area contributed by atoms with Crippen molar-refractivity contribution in [1.82, 2.24) is 15.1 Å². The second-order valence-electron chi connectivity index (χ2n) is 4.22. The first-order valence-electron chi connectivity index (χ1n) is 5.36. The van der Waals surface area contributed by atoms with Crippen LogP contribution in [0.3, 0.4) is 0 Å². The summed E-state index contributed by atoms with van der Waals surface area (Å²) in [6.07, 6.45) is 6.35. The molecule has 0 aliphatic carbocycles. The maximum atomic E-state index is 4.14. The van der Waals surface area contributed by atoms with E-state index in [0.717, 1.165) is 25.4 Å². The SMILES string of the molecule is CC(C)CNCCCc1cnn(C)c1. The van der Waals surface area contributed by atoms with Gasteiger partial charge in [0, 0.05) is 13.2 Å². The molecule has 3 nitrogen and oxygen atoms in total. The van der Waals surface area contributed by atoms with Gasteiger partial charge in [0.1, 0.15) is 0 Å². The Morgan fingerprint density at radius 2 is 2.29 bits per heavy atom. The Morgan fingerprint density at radius 3 is 2.86 bits per heavy atom. The molecule has 0 bridgehead atoms. The lowest BCUT2D eigenvalue weighted by molar-refractivity contribution is 0.543. The van der Waals surface area contributed by atoms with Crippen molar-refractivity contribution in [3.8, 4) is 0 Å². The van der Waals surface area contributed by atoms with E-state index in [1.807, 2.05) is 17.9 Å². The quantitative estimate of drug-likeness (QED) is 0.699. The van der Waals surface area contributed by atoms with E-state index >= 15 is 0 Å². The topological polar surface area (TPSA) is 29.9 Å². The highest BCUT2D eigenvalue weighted by Crippen LogP contribution is 1.99. The summed E-state index contributed by atoms with van der Waals surface area (Å²) in [5.41, 5.74) is 1.33. The highest BCUT2D eigenvalue weighted by atomic mass is 15.2. The second-order valence-corrected chi connectivity index (χ2v) is 4.22. The molecule has 3 heteroatoms. The molecule has 0 unspecified atom stereocenters. The van der Waals surface area contributed by atoms with Crippen LogP contribution in [-0.4, -0.2) is 22.9 Å². The Morgan fingerprint density at radius 1 is 1.50 bits per heavy atom. The van der Waals surface area contributed by atoms with Crippen molar-refractivity contribution in [1.29, 1.82) is 0 Å². The molecular weight excluding hydrogens is 174 g/mol. The Balaban J connectivity index is 2.04. The van der Waals surface area contributed by atoms with Gasteiger partial charge in [-0.05, 0) is 37.4 Å². The minimum Gasteiger partial charge on any atom is -0.316 e. The predicted octanol–water partition coefficient (Wildman–Crippen LogP) is 1.60. The summed E-state index contributed by atoms with van der Waals surface area (Å²) in [7, 11) is 1.96. The van der Waals surface area contributed by atoms with Crippen LogP contribution in [0.5, 0.6) is 0 Å². The Bertz CT molecular complexity index is 253. The monoisotopic (exact) mass is 195 g/mol. The summed E-state index contributed by atoms with van der Waals surface area (Å²) < 4.78 is 1.86. The van der Waals surface area contributed by atoms with Gasteiger partial charge in [0.2, 0.25) is 0 Å². The molecule has 1 rings (SSSR count). The zero-order chi connectivity index (χ0) is 10.4. The molecule has 0 amide bonds. The minimum absolute atomic E-state index is 0.744. The first kappa shape index (κ1) is 11.2. The summed E-state index contributed by atoms with van der Waals surface area (Å²) >= 11 is 0. The molecule has 1 aromatic heterocycles. The van der Waals surface area contributed by atoms with E-state index in [1.165, 1.54) is 12.0 Å². The lowest BCUT2D eigenvalue weighted by Gasteiger charge is -2.06. The molecule has 14 heavy (non-hydrogen) atoms. The van der Waals surface area contributed by atoms with Crippen molar-refractivity contribution in [2.24, 2.45) is 13.0 Å². The Hall–Kier alpha value is -0.830. The van der Waals surface area contributed by atoms with E-state index in [4.69, 9.17) is 0 Å².